The molecule has 0 unspecified atom stereocenters. The lowest BCUT2D eigenvalue weighted by atomic mass is 9.96. The van der Waals surface area contributed by atoms with Gasteiger partial charge in [-0.3, -0.25) is 4.79 Å². The number of piperidine rings is 1. The number of oxazole rings is 1. The normalized spacial score (nSPS) is 14.8. The van der Waals surface area contributed by atoms with Gasteiger partial charge in [0.1, 0.15) is 28.6 Å². The number of aromatic nitrogens is 2. The van der Waals surface area contributed by atoms with Crippen LogP contribution in [-0.2, 0) is 6.61 Å². The smallest absolute Gasteiger partial charge is 0.273 e. The molecule has 8 heteroatoms. The quantitative estimate of drug-likeness (QED) is 0.397. The number of nitrogens with zero attached hydrogens (tertiary/aromatic N) is 3. The highest BCUT2D eigenvalue weighted by molar-refractivity contribution is 7.09. The number of halogens is 1. The maximum atomic E-state index is 12.9. The molecular formula is C23H20ClN3O3S. The predicted octanol–water partition coefficient (Wildman–Crippen LogP) is 5.54. The fourth-order valence-electron chi connectivity index (χ4n) is 3.71. The van der Waals surface area contributed by atoms with E-state index < -0.39 is 0 Å². The van der Waals surface area contributed by atoms with Gasteiger partial charge in [-0.2, -0.15) is 0 Å². The molecule has 1 fully saturated rings. The van der Waals surface area contributed by atoms with Crippen LogP contribution >= 0.6 is 22.9 Å². The van der Waals surface area contributed by atoms with Crippen molar-refractivity contribution in [2.75, 3.05) is 13.1 Å². The zero-order valence-electron chi connectivity index (χ0n) is 16.7. The summed E-state index contributed by atoms with van der Waals surface area (Å²) < 4.78 is 11.6. The molecule has 0 N–H and O–H groups in total. The van der Waals surface area contributed by atoms with E-state index in [1.807, 2.05) is 41.3 Å². The van der Waals surface area contributed by atoms with E-state index >= 15 is 0 Å². The molecule has 158 valence electrons. The number of carbonyl (C=O) groups excluding carboxylic acids is 1. The lowest BCUT2D eigenvalue weighted by Gasteiger charge is -2.30. The van der Waals surface area contributed by atoms with Crippen LogP contribution in [-0.4, -0.2) is 33.9 Å². The summed E-state index contributed by atoms with van der Waals surface area (Å²) in [5.41, 5.74) is 2.17. The van der Waals surface area contributed by atoms with Gasteiger partial charge < -0.3 is 14.1 Å². The second kappa shape index (κ2) is 8.69. The molecule has 0 atom stereocenters. The Morgan fingerprint density at radius 3 is 2.68 bits per heavy atom. The van der Waals surface area contributed by atoms with Gasteiger partial charge in [-0.25, -0.2) is 9.97 Å². The third-order valence-corrected chi connectivity index (χ3v) is 6.46. The average molecular weight is 454 g/mol. The molecule has 2 aromatic carbocycles. The molecule has 31 heavy (non-hydrogen) atoms. The molecule has 3 heterocycles. The van der Waals surface area contributed by atoms with Gasteiger partial charge in [0.25, 0.3) is 5.91 Å². The van der Waals surface area contributed by atoms with E-state index in [0.717, 1.165) is 34.8 Å². The molecule has 2 aromatic heterocycles. The summed E-state index contributed by atoms with van der Waals surface area (Å²) in [6.07, 6.45) is 1.66. The zero-order chi connectivity index (χ0) is 21.2. The van der Waals surface area contributed by atoms with E-state index in [1.54, 1.807) is 17.5 Å². The number of amides is 1. The maximum Gasteiger partial charge on any atom is 0.273 e. The number of likely N-dealkylation sites (tertiary alicyclic amines) is 1. The highest BCUT2D eigenvalue weighted by atomic mass is 35.5. The van der Waals surface area contributed by atoms with Crippen LogP contribution in [0, 0.1) is 0 Å². The van der Waals surface area contributed by atoms with Gasteiger partial charge in [0, 0.05) is 29.4 Å². The van der Waals surface area contributed by atoms with Crippen LogP contribution in [0.25, 0.3) is 11.1 Å². The minimum Gasteiger partial charge on any atom is -0.486 e. The summed E-state index contributed by atoms with van der Waals surface area (Å²) in [7, 11) is 0. The predicted molar refractivity (Wildman–Crippen MR) is 120 cm³/mol. The number of para-hydroxylation sites is 2. The maximum absolute atomic E-state index is 12.9. The van der Waals surface area contributed by atoms with Crippen molar-refractivity contribution < 1.29 is 13.9 Å². The van der Waals surface area contributed by atoms with Crippen molar-refractivity contribution in [2.45, 2.75) is 25.4 Å². The van der Waals surface area contributed by atoms with Crippen molar-refractivity contribution in [1.29, 1.82) is 0 Å². The van der Waals surface area contributed by atoms with Crippen molar-refractivity contribution in [1.82, 2.24) is 14.9 Å². The topological polar surface area (TPSA) is 68.5 Å². The van der Waals surface area contributed by atoms with E-state index in [-0.39, 0.29) is 11.8 Å². The van der Waals surface area contributed by atoms with Crippen LogP contribution in [0.1, 0.15) is 40.1 Å². The van der Waals surface area contributed by atoms with E-state index in [2.05, 4.69) is 9.97 Å². The summed E-state index contributed by atoms with van der Waals surface area (Å²) in [6, 6.07) is 15.0. The SMILES string of the molecule is O=C(c1csc(COc2ccc(Cl)cc2)n1)N1CCC(c2nc3ccccc3o2)CC1. The first-order valence-electron chi connectivity index (χ1n) is 10.1. The number of hydrogen-bond donors (Lipinski definition) is 0. The summed E-state index contributed by atoms with van der Waals surface area (Å²) in [6.45, 7) is 1.64. The second-order valence-electron chi connectivity index (χ2n) is 7.46. The van der Waals surface area contributed by atoms with Gasteiger partial charge in [-0.15, -0.1) is 11.3 Å². The first kappa shape index (κ1) is 20.0. The van der Waals surface area contributed by atoms with E-state index in [1.165, 1.54) is 11.3 Å². The number of carbonyl (C=O) groups is 1. The molecule has 0 bridgehead atoms. The number of thiazole rings is 1. The van der Waals surface area contributed by atoms with Gasteiger partial charge in [0.15, 0.2) is 11.5 Å². The Morgan fingerprint density at radius 1 is 1.13 bits per heavy atom. The minimum absolute atomic E-state index is 0.0370. The van der Waals surface area contributed by atoms with Crippen molar-refractivity contribution in [3.05, 3.63) is 75.5 Å². The monoisotopic (exact) mass is 453 g/mol. The van der Waals surface area contributed by atoms with Crippen LogP contribution in [0.15, 0.2) is 58.3 Å². The molecule has 0 spiro atoms. The molecule has 0 radical (unpaired) electrons. The molecule has 1 aliphatic rings. The molecule has 4 aromatic rings. The van der Waals surface area contributed by atoms with Crippen LogP contribution in [0.4, 0.5) is 0 Å². The molecule has 0 aliphatic carbocycles. The van der Waals surface area contributed by atoms with Crippen LogP contribution in [0.5, 0.6) is 5.75 Å². The Labute approximate surface area is 188 Å². The Hall–Kier alpha value is -2.90. The lowest BCUT2D eigenvalue weighted by Crippen LogP contribution is -2.38. The first-order valence-corrected chi connectivity index (χ1v) is 11.4. The molecule has 5 rings (SSSR count). The van der Waals surface area contributed by atoms with Crippen LogP contribution in [0.2, 0.25) is 5.02 Å². The Morgan fingerprint density at radius 2 is 1.90 bits per heavy atom. The van der Waals surface area contributed by atoms with Gasteiger partial charge in [0.05, 0.1) is 0 Å². The van der Waals surface area contributed by atoms with Crippen molar-refractivity contribution in [3.8, 4) is 5.75 Å². The highest BCUT2D eigenvalue weighted by Crippen LogP contribution is 2.30. The fourth-order valence-corrected chi connectivity index (χ4v) is 4.51. The number of hydrogen-bond acceptors (Lipinski definition) is 6. The third-order valence-electron chi connectivity index (χ3n) is 5.39. The standard InChI is InChI=1S/C23H20ClN3O3S/c24-16-5-7-17(8-6-16)29-13-21-25-19(14-31-21)23(28)27-11-9-15(10-12-27)22-26-18-3-1-2-4-20(18)30-22/h1-8,14-15H,9-13H2. The number of fused-ring (bicyclic) bond motifs is 1. The largest absolute Gasteiger partial charge is 0.486 e. The number of benzene rings is 2. The summed E-state index contributed by atoms with van der Waals surface area (Å²) in [5, 5.41) is 3.23. The van der Waals surface area contributed by atoms with Gasteiger partial charge in [-0.05, 0) is 49.2 Å². The molecular weight excluding hydrogens is 434 g/mol. The average Bonchev–Trinajstić information content (AvgIpc) is 3.45. The van der Waals surface area contributed by atoms with Crippen LogP contribution < -0.4 is 4.74 Å². The van der Waals surface area contributed by atoms with E-state index in [0.29, 0.717) is 36.2 Å². The molecule has 6 nitrogen and oxygen atoms in total. The zero-order valence-corrected chi connectivity index (χ0v) is 18.2. The Kier molecular flexibility index (Phi) is 5.61. The van der Waals surface area contributed by atoms with Gasteiger partial charge in [0.2, 0.25) is 0 Å². The Bertz CT molecular complexity index is 1160. The minimum atomic E-state index is -0.0370. The van der Waals surface area contributed by atoms with E-state index in [9.17, 15) is 4.79 Å². The van der Waals surface area contributed by atoms with Crippen molar-refractivity contribution in [3.63, 3.8) is 0 Å². The summed E-state index contributed by atoms with van der Waals surface area (Å²) in [4.78, 5) is 23.8. The summed E-state index contributed by atoms with van der Waals surface area (Å²) >= 11 is 7.32. The second-order valence-corrected chi connectivity index (χ2v) is 8.83. The van der Waals surface area contributed by atoms with E-state index in [4.69, 9.17) is 20.8 Å². The molecule has 0 saturated carbocycles. The Balaban J connectivity index is 1.17. The number of rotatable bonds is 5. The molecule has 1 amide bonds. The third kappa shape index (κ3) is 4.43. The number of ether oxygens (including phenoxy) is 1. The highest BCUT2D eigenvalue weighted by Gasteiger charge is 2.28. The van der Waals surface area contributed by atoms with Gasteiger partial charge in [-0.1, -0.05) is 23.7 Å². The van der Waals surface area contributed by atoms with Gasteiger partial charge >= 0.3 is 0 Å². The van der Waals surface area contributed by atoms with Crippen molar-refractivity contribution in [2.24, 2.45) is 0 Å². The summed E-state index contributed by atoms with van der Waals surface area (Å²) in [5.74, 6) is 1.68. The lowest BCUT2D eigenvalue weighted by molar-refractivity contribution is 0.0701. The van der Waals surface area contributed by atoms with Crippen LogP contribution in [0.3, 0.4) is 0 Å². The molecule has 1 saturated heterocycles. The van der Waals surface area contributed by atoms with Crippen molar-refractivity contribution >= 4 is 39.9 Å². The fraction of sp³-hybridized carbons (Fsp3) is 0.261. The molecule has 1 aliphatic heterocycles. The first-order chi connectivity index (χ1) is 15.2.